The fourth-order valence-electron chi connectivity index (χ4n) is 7.42. The Labute approximate surface area is 242 Å². The summed E-state index contributed by atoms with van der Waals surface area (Å²) in [5.74, 6) is -2.49. The second kappa shape index (κ2) is 9.95. The van der Waals surface area contributed by atoms with Crippen LogP contribution in [0.5, 0.6) is 0 Å². The van der Waals surface area contributed by atoms with Crippen molar-refractivity contribution in [1.82, 2.24) is 14.9 Å². The maximum absolute atomic E-state index is 13.7. The van der Waals surface area contributed by atoms with E-state index in [2.05, 4.69) is 15.3 Å². The molecule has 2 saturated carbocycles. The molecule has 41 heavy (non-hydrogen) atoms. The zero-order chi connectivity index (χ0) is 28.4. The molecule has 12 heteroatoms. The number of likely N-dealkylation sites (tertiary alicyclic amines) is 1. The molecule has 4 aliphatic rings. The maximum Gasteiger partial charge on any atom is 0.338 e. The number of nitrogens with one attached hydrogen (secondary N) is 2. The van der Waals surface area contributed by atoms with Gasteiger partial charge in [0, 0.05) is 34.1 Å². The number of rotatable bonds is 6. The highest BCUT2D eigenvalue weighted by atomic mass is 32.2. The lowest BCUT2D eigenvalue weighted by Crippen LogP contribution is -2.42. The number of H-pyrrole nitrogens is 1. The summed E-state index contributed by atoms with van der Waals surface area (Å²) in [7, 11) is 0. The highest BCUT2D eigenvalue weighted by molar-refractivity contribution is 8.00. The lowest BCUT2D eigenvalue weighted by Gasteiger charge is -2.42. The Balaban J connectivity index is 1.11. The Bertz CT molecular complexity index is 1620. The molecule has 2 bridgehead atoms. The van der Waals surface area contributed by atoms with Crippen molar-refractivity contribution in [2.75, 3.05) is 18.5 Å². The molecule has 0 spiro atoms. The lowest BCUT2D eigenvalue weighted by atomic mass is 9.68. The SMILES string of the molecule is CCOC(=O)c1ccc(NC(=O)CN2C(=O)C3C4CC(C3C2=O)C2C4Sc3[nH]c(=O)sc3[C@@H]2c2cccnc2)cc1. The predicted octanol–water partition coefficient (Wildman–Crippen LogP) is 3.12. The van der Waals surface area contributed by atoms with Crippen LogP contribution in [0, 0.1) is 29.6 Å². The molecule has 2 aliphatic heterocycles. The molecule has 7 atom stereocenters. The van der Waals surface area contributed by atoms with Gasteiger partial charge in [-0.2, -0.15) is 0 Å². The summed E-state index contributed by atoms with van der Waals surface area (Å²) in [6, 6.07) is 10.1. The Morgan fingerprint density at radius 1 is 1.10 bits per heavy atom. The number of nitrogens with zero attached hydrogens (tertiary/aromatic N) is 2. The smallest absolute Gasteiger partial charge is 0.338 e. The van der Waals surface area contributed by atoms with Gasteiger partial charge in [0.1, 0.15) is 6.54 Å². The van der Waals surface area contributed by atoms with E-state index in [0.29, 0.717) is 11.3 Å². The first-order chi connectivity index (χ1) is 19.9. The molecule has 0 radical (unpaired) electrons. The molecule has 7 rings (SSSR count). The van der Waals surface area contributed by atoms with Crippen molar-refractivity contribution in [3.8, 4) is 0 Å². The van der Waals surface area contributed by atoms with E-state index in [1.54, 1.807) is 49.1 Å². The Morgan fingerprint density at radius 3 is 2.56 bits per heavy atom. The van der Waals surface area contributed by atoms with Crippen molar-refractivity contribution in [3.63, 3.8) is 0 Å². The number of carbonyl (C=O) groups excluding carboxylic acids is 4. The molecule has 2 aromatic heterocycles. The molecule has 6 unspecified atom stereocenters. The Morgan fingerprint density at radius 2 is 1.85 bits per heavy atom. The van der Waals surface area contributed by atoms with Crippen LogP contribution in [0.1, 0.15) is 40.1 Å². The Kier molecular flexibility index (Phi) is 6.35. The fourth-order valence-corrected chi connectivity index (χ4v) is 10.3. The van der Waals surface area contributed by atoms with Gasteiger partial charge in [0.15, 0.2) is 0 Å². The number of benzene rings is 1. The standard InChI is InChI=1S/C29H26N4O6S2/c1-2-39-28(37)13-5-7-15(8-6-13)31-18(34)12-33-26(35)21-16-10-17(22(21)27(33)36)23-20(16)19(14-4-3-9-30-11-14)24-25(40-23)32-29(38)41-24/h3-9,11,16-17,19-23H,2,10,12H2,1H3,(H,31,34)(H,32,38)/t16?,17?,19-,20?,21?,22?,23?/m1/s1. The third-order valence-electron chi connectivity index (χ3n) is 8.84. The number of anilines is 1. The zero-order valence-corrected chi connectivity index (χ0v) is 23.6. The second-order valence-electron chi connectivity index (χ2n) is 10.9. The molecule has 4 heterocycles. The van der Waals surface area contributed by atoms with Crippen molar-refractivity contribution in [2.45, 2.75) is 29.5 Å². The summed E-state index contributed by atoms with van der Waals surface area (Å²) in [5, 5.41) is 3.65. The van der Waals surface area contributed by atoms with Crippen LogP contribution in [0.15, 0.2) is 58.6 Å². The number of aromatic amines is 1. The van der Waals surface area contributed by atoms with Crippen LogP contribution in [0.2, 0.25) is 0 Å². The number of hydrogen-bond acceptors (Lipinski definition) is 9. The van der Waals surface area contributed by atoms with Crippen LogP contribution in [0.3, 0.4) is 0 Å². The Hall–Kier alpha value is -3.77. The van der Waals surface area contributed by atoms with Crippen molar-refractivity contribution in [2.24, 2.45) is 29.6 Å². The number of pyridine rings is 1. The summed E-state index contributed by atoms with van der Waals surface area (Å²) >= 11 is 2.84. The van der Waals surface area contributed by atoms with E-state index in [-0.39, 0.29) is 58.8 Å². The highest BCUT2D eigenvalue weighted by Crippen LogP contribution is 2.68. The fraction of sp³-hybridized carbons (Fsp3) is 0.379. The predicted molar refractivity (Wildman–Crippen MR) is 150 cm³/mol. The molecule has 3 fully saturated rings. The monoisotopic (exact) mass is 590 g/mol. The molecule has 2 aliphatic carbocycles. The van der Waals surface area contributed by atoms with Crippen LogP contribution >= 0.6 is 23.1 Å². The number of aromatic nitrogens is 2. The zero-order valence-electron chi connectivity index (χ0n) is 21.9. The number of hydrogen-bond donors (Lipinski definition) is 2. The summed E-state index contributed by atoms with van der Waals surface area (Å²) < 4.78 is 4.98. The first kappa shape index (κ1) is 26.1. The van der Waals surface area contributed by atoms with Gasteiger partial charge in [-0.3, -0.25) is 29.1 Å². The van der Waals surface area contributed by atoms with Gasteiger partial charge in [-0.05, 0) is 67.0 Å². The average Bonchev–Trinajstić information content (AvgIpc) is 3.70. The summed E-state index contributed by atoms with van der Waals surface area (Å²) in [5.41, 5.74) is 1.81. The number of imide groups is 1. The number of thiazole rings is 1. The lowest BCUT2D eigenvalue weighted by molar-refractivity contribution is -0.143. The van der Waals surface area contributed by atoms with Gasteiger partial charge in [-0.25, -0.2) is 4.79 Å². The van der Waals surface area contributed by atoms with E-state index in [1.807, 2.05) is 18.3 Å². The molecule has 210 valence electrons. The van der Waals surface area contributed by atoms with Crippen molar-refractivity contribution < 1.29 is 23.9 Å². The van der Waals surface area contributed by atoms with Gasteiger partial charge in [-0.15, -0.1) is 11.8 Å². The topological polar surface area (TPSA) is 139 Å². The van der Waals surface area contributed by atoms with Gasteiger partial charge in [-0.1, -0.05) is 17.4 Å². The molecule has 1 aromatic carbocycles. The van der Waals surface area contributed by atoms with Crippen LogP contribution in [0.25, 0.3) is 0 Å². The van der Waals surface area contributed by atoms with Crippen LogP contribution < -0.4 is 10.2 Å². The third kappa shape index (κ3) is 4.14. The van der Waals surface area contributed by atoms with E-state index >= 15 is 0 Å². The molecule has 2 N–H and O–H groups in total. The third-order valence-corrected chi connectivity index (χ3v) is 11.4. The first-order valence-corrected chi connectivity index (χ1v) is 15.3. The normalized spacial score (nSPS) is 29.2. The van der Waals surface area contributed by atoms with E-state index in [4.69, 9.17) is 4.74 Å². The van der Waals surface area contributed by atoms with E-state index in [0.717, 1.165) is 26.8 Å². The maximum atomic E-state index is 13.7. The number of ether oxygens (including phenoxy) is 1. The highest BCUT2D eigenvalue weighted by Gasteiger charge is 2.69. The van der Waals surface area contributed by atoms with Gasteiger partial charge >= 0.3 is 10.8 Å². The first-order valence-electron chi connectivity index (χ1n) is 13.6. The minimum Gasteiger partial charge on any atom is -0.462 e. The number of esters is 1. The summed E-state index contributed by atoms with van der Waals surface area (Å²) in [4.78, 5) is 73.8. The minimum absolute atomic E-state index is 0.0179. The molecular formula is C29H26N4O6S2. The van der Waals surface area contributed by atoms with E-state index in [9.17, 15) is 24.0 Å². The van der Waals surface area contributed by atoms with Crippen molar-refractivity contribution in [3.05, 3.63) is 74.5 Å². The molecule has 1 saturated heterocycles. The number of fused-ring (bicyclic) bond motifs is 9. The molecule has 10 nitrogen and oxygen atoms in total. The molecule has 3 aromatic rings. The van der Waals surface area contributed by atoms with Crippen LogP contribution in [-0.4, -0.2) is 57.0 Å². The number of thioether (sulfide) groups is 1. The second-order valence-corrected chi connectivity index (χ2v) is 13.1. The molecule has 3 amide bonds. The largest absolute Gasteiger partial charge is 0.462 e. The summed E-state index contributed by atoms with van der Waals surface area (Å²) in [6.07, 6.45) is 4.32. The van der Waals surface area contributed by atoms with Crippen molar-refractivity contribution >= 4 is 52.5 Å². The molecular weight excluding hydrogens is 564 g/mol. The quantitative estimate of drug-likeness (QED) is 0.330. The van der Waals surface area contributed by atoms with E-state index in [1.165, 1.54) is 11.3 Å². The van der Waals surface area contributed by atoms with Crippen LogP contribution in [-0.2, 0) is 19.1 Å². The van der Waals surface area contributed by atoms with Gasteiger partial charge in [0.25, 0.3) is 0 Å². The van der Waals surface area contributed by atoms with Crippen molar-refractivity contribution in [1.29, 1.82) is 0 Å². The average molecular weight is 591 g/mol. The minimum atomic E-state index is -0.484. The van der Waals surface area contributed by atoms with Crippen LogP contribution in [0.4, 0.5) is 5.69 Å². The number of amides is 3. The van der Waals surface area contributed by atoms with Gasteiger partial charge in [0.05, 0.1) is 29.0 Å². The van der Waals surface area contributed by atoms with E-state index < -0.39 is 23.7 Å². The number of carbonyl (C=O) groups is 4. The summed E-state index contributed by atoms with van der Waals surface area (Å²) in [6.45, 7) is 1.62. The van der Waals surface area contributed by atoms with Gasteiger partial charge < -0.3 is 15.0 Å². The van der Waals surface area contributed by atoms with Gasteiger partial charge in [0.2, 0.25) is 17.7 Å².